The van der Waals surface area contributed by atoms with Crippen LogP contribution in [0.1, 0.15) is 38.9 Å². The number of aromatic nitrogens is 3. The molecule has 0 bridgehead atoms. The van der Waals surface area contributed by atoms with Crippen LogP contribution in [0.2, 0.25) is 0 Å². The van der Waals surface area contributed by atoms with E-state index in [0.717, 1.165) is 13.1 Å². The molecule has 0 unspecified atom stereocenters. The van der Waals surface area contributed by atoms with Gasteiger partial charge in [-0.25, -0.2) is 0 Å². The molecule has 1 aromatic heterocycles. The van der Waals surface area contributed by atoms with Gasteiger partial charge in [-0.2, -0.15) is 15.0 Å². The van der Waals surface area contributed by atoms with Gasteiger partial charge in [0.05, 0.1) is 6.54 Å². The molecule has 1 fully saturated rings. The van der Waals surface area contributed by atoms with Crippen LogP contribution in [-0.2, 0) is 11.3 Å². The minimum atomic E-state index is 0.0320. The number of hydrogen-bond donors (Lipinski definition) is 1. The van der Waals surface area contributed by atoms with Crippen LogP contribution < -0.4 is 15.1 Å². The van der Waals surface area contributed by atoms with Crippen molar-refractivity contribution < 1.29 is 4.79 Å². The maximum Gasteiger partial charge on any atom is 0.230 e. The second-order valence-corrected chi connectivity index (χ2v) is 6.31. The molecule has 122 valence electrons. The SMILES string of the molecule is CC(C)CC(=O)NCc1nc(N(C)C)nc(N2CCCC2)n1. The number of carbonyl (C=O) groups is 1. The molecule has 7 heteroatoms. The van der Waals surface area contributed by atoms with Crippen LogP contribution >= 0.6 is 0 Å². The van der Waals surface area contributed by atoms with Crippen LogP contribution in [0.5, 0.6) is 0 Å². The third kappa shape index (κ3) is 4.54. The Balaban J connectivity index is 2.10. The molecule has 0 aromatic carbocycles. The van der Waals surface area contributed by atoms with Crippen molar-refractivity contribution in [3.8, 4) is 0 Å². The van der Waals surface area contributed by atoms with Gasteiger partial charge in [0.2, 0.25) is 17.8 Å². The smallest absolute Gasteiger partial charge is 0.230 e. The average molecular weight is 306 g/mol. The van der Waals surface area contributed by atoms with Crippen molar-refractivity contribution in [2.45, 2.75) is 39.7 Å². The van der Waals surface area contributed by atoms with Gasteiger partial charge < -0.3 is 15.1 Å². The van der Waals surface area contributed by atoms with E-state index in [1.165, 1.54) is 12.8 Å². The van der Waals surface area contributed by atoms with Crippen molar-refractivity contribution in [1.82, 2.24) is 20.3 Å². The summed E-state index contributed by atoms with van der Waals surface area (Å²) in [6.07, 6.45) is 2.86. The van der Waals surface area contributed by atoms with E-state index < -0.39 is 0 Å². The number of rotatable bonds is 6. The highest BCUT2D eigenvalue weighted by molar-refractivity contribution is 5.75. The van der Waals surface area contributed by atoms with Crippen molar-refractivity contribution in [3.63, 3.8) is 0 Å². The van der Waals surface area contributed by atoms with Crippen molar-refractivity contribution in [1.29, 1.82) is 0 Å². The summed E-state index contributed by atoms with van der Waals surface area (Å²) in [6, 6.07) is 0. The molecule has 0 atom stereocenters. The molecule has 2 rings (SSSR count). The first-order valence-electron chi connectivity index (χ1n) is 7.89. The Bertz CT molecular complexity index is 511. The van der Waals surface area contributed by atoms with Crippen LogP contribution in [0.4, 0.5) is 11.9 Å². The van der Waals surface area contributed by atoms with E-state index in [0.29, 0.717) is 36.6 Å². The number of carbonyl (C=O) groups excluding carboxylic acids is 1. The maximum absolute atomic E-state index is 11.8. The summed E-state index contributed by atoms with van der Waals surface area (Å²) >= 11 is 0. The van der Waals surface area contributed by atoms with Crippen LogP contribution in [-0.4, -0.2) is 48.0 Å². The highest BCUT2D eigenvalue weighted by atomic mass is 16.1. The Kier molecular flexibility index (Phi) is 5.51. The summed E-state index contributed by atoms with van der Waals surface area (Å²) in [4.78, 5) is 29.3. The average Bonchev–Trinajstić information content (AvgIpc) is 2.98. The molecule has 7 nitrogen and oxygen atoms in total. The second kappa shape index (κ2) is 7.38. The van der Waals surface area contributed by atoms with Crippen molar-refractivity contribution >= 4 is 17.8 Å². The van der Waals surface area contributed by atoms with E-state index in [1.807, 2.05) is 32.8 Å². The largest absolute Gasteiger partial charge is 0.349 e. The highest BCUT2D eigenvalue weighted by Crippen LogP contribution is 2.17. The molecule has 1 aromatic rings. The summed E-state index contributed by atoms with van der Waals surface area (Å²) < 4.78 is 0. The van der Waals surface area contributed by atoms with Crippen LogP contribution in [0, 0.1) is 5.92 Å². The molecule has 0 saturated carbocycles. The van der Waals surface area contributed by atoms with Gasteiger partial charge in [-0.1, -0.05) is 13.8 Å². The Morgan fingerprint density at radius 3 is 2.50 bits per heavy atom. The normalized spacial score (nSPS) is 14.5. The molecular formula is C15H26N6O. The lowest BCUT2D eigenvalue weighted by molar-refractivity contribution is -0.122. The molecule has 2 heterocycles. The first kappa shape index (κ1) is 16.5. The van der Waals surface area contributed by atoms with Gasteiger partial charge in [0.25, 0.3) is 0 Å². The minimum absolute atomic E-state index is 0.0320. The number of nitrogens with one attached hydrogen (secondary N) is 1. The third-order valence-corrected chi connectivity index (χ3v) is 3.48. The number of anilines is 2. The van der Waals surface area contributed by atoms with E-state index in [4.69, 9.17) is 0 Å². The molecule has 0 radical (unpaired) electrons. The summed E-state index contributed by atoms with van der Waals surface area (Å²) in [5.41, 5.74) is 0. The Morgan fingerprint density at radius 1 is 1.23 bits per heavy atom. The van der Waals surface area contributed by atoms with E-state index in [2.05, 4.69) is 25.2 Å². The number of nitrogens with zero attached hydrogens (tertiary/aromatic N) is 5. The quantitative estimate of drug-likeness (QED) is 0.851. The summed E-state index contributed by atoms with van der Waals surface area (Å²) in [7, 11) is 3.81. The predicted molar refractivity (Wildman–Crippen MR) is 86.9 cm³/mol. The molecule has 22 heavy (non-hydrogen) atoms. The first-order valence-corrected chi connectivity index (χ1v) is 7.89. The molecule has 1 amide bonds. The molecule has 1 aliphatic heterocycles. The van der Waals surface area contributed by atoms with Crippen molar-refractivity contribution in [2.24, 2.45) is 5.92 Å². The predicted octanol–water partition coefficient (Wildman–Crippen LogP) is 1.20. The summed E-state index contributed by atoms with van der Waals surface area (Å²) in [5.74, 6) is 2.33. The third-order valence-electron chi connectivity index (χ3n) is 3.48. The molecule has 0 aliphatic carbocycles. The number of hydrogen-bond acceptors (Lipinski definition) is 6. The van der Waals surface area contributed by atoms with E-state index in [1.54, 1.807) is 0 Å². The van der Waals surface area contributed by atoms with E-state index in [9.17, 15) is 4.79 Å². The van der Waals surface area contributed by atoms with Crippen LogP contribution in [0.3, 0.4) is 0 Å². The van der Waals surface area contributed by atoms with Gasteiger partial charge in [-0.05, 0) is 18.8 Å². The van der Waals surface area contributed by atoms with Gasteiger partial charge in [0.15, 0.2) is 5.82 Å². The Morgan fingerprint density at radius 2 is 1.91 bits per heavy atom. The summed E-state index contributed by atoms with van der Waals surface area (Å²) in [6.45, 7) is 6.36. The van der Waals surface area contributed by atoms with Gasteiger partial charge >= 0.3 is 0 Å². The van der Waals surface area contributed by atoms with Crippen molar-refractivity contribution in [2.75, 3.05) is 37.0 Å². The van der Waals surface area contributed by atoms with Crippen LogP contribution in [0.15, 0.2) is 0 Å². The lowest BCUT2D eigenvalue weighted by Crippen LogP contribution is -2.28. The molecule has 0 spiro atoms. The van der Waals surface area contributed by atoms with Gasteiger partial charge in [-0.15, -0.1) is 0 Å². The minimum Gasteiger partial charge on any atom is -0.349 e. The highest BCUT2D eigenvalue weighted by Gasteiger charge is 2.18. The van der Waals surface area contributed by atoms with Gasteiger partial charge in [0, 0.05) is 33.6 Å². The fourth-order valence-electron chi connectivity index (χ4n) is 2.35. The summed E-state index contributed by atoms with van der Waals surface area (Å²) in [5, 5.41) is 2.89. The van der Waals surface area contributed by atoms with E-state index in [-0.39, 0.29) is 5.91 Å². The molecule has 1 aliphatic rings. The topological polar surface area (TPSA) is 74.2 Å². The Labute approximate surface area is 132 Å². The van der Waals surface area contributed by atoms with Crippen molar-refractivity contribution in [3.05, 3.63) is 5.82 Å². The monoisotopic (exact) mass is 306 g/mol. The fourth-order valence-corrected chi connectivity index (χ4v) is 2.35. The second-order valence-electron chi connectivity index (χ2n) is 6.31. The lowest BCUT2D eigenvalue weighted by atomic mass is 10.1. The zero-order valence-electron chi connectivity index (χ0n) is 14.0. The molecular weight excluding hydrogens is 280 g/mol. The lowest BCUT2D eigenvalue weighted by Gasteiger charge is -2.19. The zero-order chi connectivity index (χ0) is 16.1. The standard InChI is InChI=1S/C15H26N6O/c1-11(2)9-13(22)16-10-12-17-14(20(3)4)19-15(18-12)21-7-5-6-8-21/h11H,5-10H2,1-4H3,(H,16,22). The Hall–Kier alpha value is -1.92. The molecule has 1 saturated heterocycles. The molecule has 1 N–H and O–H groups in total. The zero-order valence-corrected chi connectivity index (χ0v) is 14.0. The van der Waals surface area contributed by atoms with Gasteiger partial charge in [0.1, 0.15) is 0 Å². The first-order chi connectivity index (χ1) is 10.5. The van der Waals surface area contributed by atoms with Gasteiger partial charge in [-0.3, -0.25) is 4.79 Å². The van der Waals surface area contributed by atoms with Crippen LogP contribution in [0.25, 0.3) is 0 Å². The fraction of sp³-hybridized carbons (Fsp3) is 0.733. The number of amides is 1. The maximum atomic E-state index is 11.8. The van der Waals surface area contributed by atoms with E-state index >= 15 is 0 Å².